The predicted octanol–water partition coefficient (Wildman–Crippen LogP) is 4.75. The number of sulfonamides is 1. The van der Waals surface area contributed by atoms with Crippen molar-refractivity contribution in [3.63, 3.8) is 0 Å². The van der Waals surface area contributed by atoms with Gasteiger partial charge in [-0.05, 0) is 54.7 Å². The molecule has 0 fully saturated rings. The highest BCUT2D eigenvalue weighted by Gasteiger charge is 2.27. The van der Waals surface area contributed by atoms with E-state index in [4.69, 9.17) is 16.3 Å². The number of carbonyl (C=O) groups excluding carboxylic acids is 1. The lowest BCUT2D eigenvalue weighted by molar-refractivity contribution is -0.117. The van der Waals surface area contributed by atoms with Gasteiger partial charge in [0, 0.05) is 5.69 Å². The van der Waals surface area contributed by atoms with Crippen LogP contribution in [0, 0.1) is 6.92 Å². The van der Waals surface area contributed by atoms with Crippen LogP contribution in [0.5, 0.6) is 5.75 Å². The van der Waals surface area contributed by atoms with Gasteiger partial charge in [0.15, 0.2) is 0 Å². The highest BCUT2D eigenvalue weighted by Crippen LogP contribution is 2.27. The summed E-state index contributed by atoms with van der Waals surface area (Å²) in [6.07, 6.45) is 0.917. The van der Waals surface area contributed by atoms with E-state index in [9.17, 15) is 13.2 Å². The van der Waals surface area contributed by atoms with Gasteiger partial charge in [0.1, 0.15) is 11.8 Å². The summed E-state index contributed by atoms with van der Waals surface area (Å²) >= 11 is 6.13. The summed E-state index contributed by atoms with van der Waals surface area (Å²) in [4.78, 5) is 13.3. The third-order valence-electron chi connectivity index (χ3n) is 5.32. The van der Waals surface area contributed by atoms with Gasteiger partial charge in [-0.1, -0.05) is 67.1 Å². The molecule has 8 heteroatoms. The number of hydrogen-bond donors (Lipinski definition) is 2. The first-order chi connectivity index (χ1) is 15.7. The zero-order valence-electron chi connectivity index (χ0n) is 18.8. The number of aryl methyl sites for hydroxylation is 2. The van der Waals surface area contributed by atoms with Gasteiger partial charge in [0.2, 0.25) is 15.9 Å². The van der Waals surface area contributed by atoms with Crippen molar-refractivity contribution in [1.82, 2.24) is 4.72 Å². The molecule has 33 heavy (non-hydrogen) atoms. The van der Waals surface area contributed by atoms with Crippen molar-refractivity contribution in [2.75, 3.05) is 12.4 Å². The molecule has 0 aliphatic heterocycles. The molecular formula is C25H27ClN2O4S. The number of nitrogens with one attached hydrogen (secondary N) is 2. The lowest BCUT2D eigenvalue weighted by atomic mass is 10.0. The van der Waals surface area contributed by atoms with Crippen molar-refractivity contribution in [3.05, 3.63) is 88.4 Å². The number of ether oxygens (including phenoxy) is 1. The molecular weight excluding hydrogens is 460 g/mol. The fourth-order valence-corrected chi connectivity index (χ4v) is 5.06. The van der Waals surface area contributed by atoms with Crippen molar-refractivity contribution < 1.29 is 17.9 Å². The number of amides is 1. The monoisotopic (exact) mass is 486 g/mol. The van der Waals surface area contributed by atoms with Crippen LogP contribution in [-0.2, 0) is 27.7 Å². The average molecular weight is 487 g/mol. The lowest BCUT2D eigenvalue weighted by Gasteiger charge is -2.21. The zero-order chi connectivity index (χ0) is 24.0. The van der Waals surface area contributed by atoms with E-state index in [-0.39, 0.29) is 16.3 Å². The standard InChI is InChI=1S/C25H27ClN2O4S/c1-4-19-12-8-9-17(2)24(19)27-25(29)22(15-18-10-6-5-7-11-18)28-33(30,31)20-13-14-23(32-3)21(26)16-20/h5-14,16,22,28H,4,15H2,1-3H3,(H,27,29)/t22-/m1/s1. The van der Waals surface area contributed by atoms with E-state index in [1.165, 1.54) is 25.3 Å². The van der Waals surface area contributed by atoms with Crippen molar-refractivity contribution in [2.45, 2.75) is 37.6 Å². The molecule has 3 rings (SSSR count). The molecule has 0 aliphatic carbocycles. The van der Waals surface area contributed by atoms with E-state index < -0.39 is 22.0 Å². The summed E-state index contributed by atoms with van der Waals surface area (Å²) < 4.78 is 33.9. The number of methoxy groups -OCH3 is 1. The molecule has 0 saturated heterocycles. The van der Waals surface area contributed by atoms with E-state index in [1.54, 1.807) is 0 Å². The van der Waals surface area contributed by atoms with Gasteiger partial charge < -0.3 is 10.1 Å². The Labute approximate surface area is 200 Å². The Morgan fingerprint density at radius 1 is 1.06 bits per heavy atom. The van der Waals surface area contributed by atoms with Gasteiger partial charge in [0.05, 0.1) is 17.0 Å². The summed E-state index contributed by atoms with van der Waals surface area (Å²) in [7, 11) is -2.59. The minimum atomic E-state index is -4.04. The topological polar surface area (TPSA) is 84.5 Å². The molecule has 0 radical (unpaired) electrons. The van der Waals surface area contributed by atoms with Crippen LogP contribution in [0.15, 0.2) is 71.6 Å². The number of carbonyl (C=O) groups is 1. The van der Waals surface area contributed by atoms with E-state index in [0.29, 0.717) is 11.4 Å². The number of anilines is 1. The van der Waals surface area contributed by atoms with Crippen molar-refractivity contribution >= 4 is 33.2 Å². The molecule has 0 spiro atoms. The Balaban J connectivity index is 1.93. The van der Waals surface area contributed by atoms with Crippen LogP contribution in [0.25, 0.3) is 0 Å². The van der Waals surface area contributed by atoms with Crippen LogP contribution in [0.4, 0.5) is 5.69 Å². The van der Waals surface area contributed by atoms with Crippen LogP contribution in [0.1, 0.15) is 23.6 Å². The molecule has 3 aromatic carbocycles. The second-order valence-corrected chi connectivity index (χ2v) is 9.73. The third-order valence-corrected chi connectivity index (χ3v) is 7.08. The van der Waals surface area contributed by atoms with Crippen LogP contribution in [-0.4, -0.2) is 27.5 Å². The largest absolute Gasteiger partial charge is 0.495 e. The number of para-hydroxylation sites is 1. The van der Waals surface area contributed by atoms with Gasteiger partial charge in [-0.25, -0.2) is 8.42 Å². The molecule has 0 saturated carbocycles. The summed E-state index contributed by atoms with van der Waals surface area (Å²) in [6, 6.07) is 18.2. The maximum Gasteiger partial charge on any atom is 0.242 e. The van der Waals surface area contributed by atoms with E-state index in [0.717, 1.165) is 23.1 Å². The molecule has 1 atom stereocenters. The highest BCUT2D eigenvalue weighted by atomic mass is 35.5. The minimum Gasteiger partial charge on any atom is -0.495 e. The van der Waals surface area contributed by atoms with Crippen molar-refractivity contribution in [1.29, 1.82) is 0 Å². The molecule has 0 aliphatic rings. The third kappa shape index (κ3) is 6.13. The fraction of sp³-hybridized carbons (Fsp3) is 0.240. The first-order valence-corrected chi connectivity index (χ1v) is 12.4. The number of halogens is 1. The Morgan fingerprint density at radius 3 is 2.42 bits per heavy atom. The lowest BCUT2D eigenvalue weighted by Crippen LogP contribution is -2.45. The Bertz CT molecular complexity index is 1230. The molecule has 0 aromatic heterocycles. The van der Waals surface area contributed by atoms with Gasteiger partial charge in [-0.15, -0.1) is 0 Å². The van der Waals surface area contributed by atoms with Crippen LogP contribution in [0.2, 0.25) is 5.02 Å². The molecule has 3 aromatic rings. The van der Waals surface area contributed by atoms with Gasteiger partial charge in [-0.3, -0.25) is 4.79 Å². The van der Waals surface area contributed by atoms with Crippen molar-refractivity contribution in [2.24, 2.45) is 0 Å². The summed E-state index contributed by atoms with van der Waals surface area (Å²) in [5, 5.41) is 3.11. The van der Waals surface area contributed by atoms with Crippen LogP contribution >= 0.6 is 11.6 Å². The van der Waals surface area contributed by atoms with Gasteiger partial charge in [-0.2, -0.15) is 4.72 Å². The second kappa shape index (κ2) is 10.8. The van der Waals surface area contributed by atoms with E-state index in [2.05, 4.69) is 10.0 Å². The predicted molar refractivity (Wildman–Crippen MR) is 131 cm³/mol. The Morgan fingerprint density at radius 2 is 1.79 bits per heavy atom. The molecule has 174 valence electrons. The van der Waals surface area contributed by atoms with Gasteiger partial charge in [0.25, 0.3) is 0 Å². The Kier molecular flexibility index (Phi) is 8.13. The van der Waals surface area contributed by atoms with Crippen LogP contribution in [0.3, 0.4) is 0 Å². The fourth-order valence-electron chi connectivity index (χ4n) is 3.52. The van der Waals surface area contributed by atoms with Crippen LogP contribution < -0.4 is 14.8 Å². The number of hydrogen-bond acceptors (Lipinski definition) is 4. The molecule has 6 nitrogen and oxygen atoms in total. The number of benzene rings is 3. The number of rotatable bonds is 9. The summed E-state index contributed by atoms with van der Waals surface area (Å²) in [5.41, 5.74) is 3.42. The smallest absolute Gasteiger partial charge is 0.242 e. The Hall–Kier alpha value is -2.87. The zero-order valence-corrected chi connectivity index (χ0v) is 20.3. The summed E-state index contributed by atoms with van der Waals surface area (Å²) in [5.74, 6) is -0.0770. The molecule has 1 amide bonds. The highest BCUT2D eigenvalue weighted by molar-refractivity contribution is 7.89. The second-order valence-electron chi connectivity index (χ2n) is 7.61. The SMILES string of the molecule is CCc1cccc(C)c1NC(=O)[C@@H](Cc1ccccc1)NS(=O)(=O)c1ccc(OC)c(Cl)c1. The van der Waals surface area contributed by atoms with Crippen molar-refractivity contribution in [3.8, 4) is 5.75 Å². The quantitative estimate of drug-likeness (QED) is 0.457. The first kappa shape index (κ1) is 24.8. The maximum absolute atomic E-state index is 13.3. The minimum absolute atomic E-state index is 0.0516. The van der Waals surface area contributed by atoms with E-state index in [1.807, 2.05) is 62.4 Å². The van der Waals surface area contributed by atoms with E-state index >= 15 is 0 Å². The van der Waals surface area contributed by atoms with Gasteiger partial charge >= 0.3 is 0 Å². The molecule has 0 bridgehead atoms. The average Bonchev–Trinajstić information content (AvgIpc) is 2.80. The first-order valence-electron chi connectivity index (χ1n) is 10.5. The molecule has 0 unspecified atom stereocenters. The normalized spacial score (nSPS) is 12.2. The summed E-state index contributed by atoms with van der Waals surface area (Å²) in [6.45, 7) is 3.91. The maximum atomic E-state index is 13.3. The molecule has 2 N–H and O–H groups in total. The molecule has 0 heterocycles.